The number of amides is 5. The third kappa shape index (κ3) is 31.2. The Hall–Kier alpha value is -8.99. The van der Waals surface area contributed by atoms with Gasteiger partial charge >= 0.3 is 6.09 Å². The second-order valence-corrected chi connectivity index (χ2v) is 29.6. The van der Waals surface area contributed by atoms with E-state index < -0.39 is 63.9 Å². The van der Waals surface area contributed by atoms with E-state index in [0.29, 0.717) is 52.3 Å². The van der Waals surface area contributed by atoms with Crippen LogP contribution in [0.25, 0.3) is 0 Å². The monoisotopic (exact) mass is 1370 g/mol. The maximum atomic E-state index is 13.3. The Bertz CT molecular complexity index is 3330. The van der Waals surface area contributed by atoms with Gasteiger partial charge in [0.2, 0.25) is 24.6 Å². The van der Waals surface area contributed by atoms with Gasteiger partial charge in [-0.05, 0) is 158 Å². The van der Waals surface area contributed by atoms with Gasteiger partial charge in [0, 0.05) is 22.3 Å². The molecule has 544 valence electrons. The molecule has 0 saturated heterocycles. The van der Waals surface area contributed by atoms with Gasteiger partial charge in [-0.3, -0.25) is 48.4 Å². The van der Waals surface area contributed by atoms with E-state index in [4.69, 9.17) is 25.2 Å². The van der Waals surface area contributed by atoms with Gasteiger partial charge in [0.05, 0.1) is 50.2 Å². The van der Waals surface area contributed by atoms with Crippen LogP contribution in [0.3, 0.4) is 0 Å². The summed E-state index contributed by atoms with van der Waals surface area (Å²) in [6.45, 7) is 32.2. The Morgan fingerprint density at radius 1 is 0.485 bits per heavy atom. The molecule has 0 radical (unpaired) electrons. The van der Waals surface area contributed by atoms with Crippen molar-refractivity contribution in [2.24, 2.45) is 39.2 Å². The van der Waals surface area contributed by atoms with Gasteiger partial charge in [0.15, 0.2) is 23.1 Å². The molecular weight excluding hydrogens is 1260 g/mol. The number of hydrogen-bond acceptors (Lipinski definition) is 17. The highest BCUT2D eigenvalue weighted by Gasteiger charge is 2.38. The molecule has 5 aromatic carbocycles. The number of phenolic OH excluding ortho intramolecular Hbond substituents is 3. The molecule has 5 aromatic rings. The van der Waals surface area contributed by atoms with Gasteiger partial charge in [-0.25, -0.2) is 14.9 Å². The van der Waals surface area contributed by atoms with Crippen LogP contribution >= 0.6 is 0 Å². The van der Waals surface area contributed by atoms with Crippen molar-refractivity contribution in [3.8, 4) is 23.0 Å². The van der Waals surface area contributed by atoms with E-state index in [1.54, 1.807) is 76.4 Å². The average molecular weight is 1380 g/mol. The molecule has 5 amide bonds. The van der Waals surface area contributed by atoms with E-state index in [9.17, 15) is 58.6 Å². The van der Waals surface area contributed by atoms with Crippen LogP contribution in [-0.2, 0) is 35.4 Å². The Morgan fingerprint density at radius 2 is 0.838 bits per heavy atom. The van der Waals surface area contributed by atoms with E-state index >= 15 is 0 Å². The Balaban J connectivity index is 0.000000465. The molecule has 0 spiro atoms. The minimum atomic E-state index is -0.790. The van der Waals surface area contributed by atoms with Crippen LogP contribution in [0.1, 0.15) is 203 Å². The van der Waals surface area contributed by atoms with E-state index in [0.717, 1.165) is 36.3 Å². The highest BCUT2D eigenvalue weighted by Crippen LogP contribution is 2.29. The van der Waals surface area contributed by atoms with Crippen molar-refractivity contribution < 1.29 is 78.0 Å². The van der Waals surface area contributed by atoms with Crippen LogP contribution < -0.4 is 26.4 Å². The van der Waals surface area contributed by atoms with E-state index in [-0.39, 0.29) is 83.7 Å². The van der Waals surface area contributed by atoms with Gasteiger partial charge in [0.1, 0.15) is 41.2 Å². The number of aromatic hydroxyl groups is 3. The predicted octanol–water partition coefficient (Wildman–Crippen LogP) is 13.0. The maximum Gasteiger partial charge on any atom is 0.408 e. The van der Waals surface area contributed by atoms with Crippen LogP contribution in [0, 0.1) is 33.5 Å². The van der Waals surface area contributed by atoms with Crippen LogP contribution in [0.4, 0.5) is 4.79 Å². The molecule has 6 atom stereocenters. The third-order valence-electron chi connectivity index (χ3n) is 15.5. The standard InChI is InChI=1S/C27H36N2O5.C20H30N2O5.C18H27NO4.C12H17NO2/c1-5-6-12-22(17-29(19-30)34-18-20-10-8-7-9-11-20)26(33)28-25(27(2,3)4)24(32)21-13-15-23(31)16-14-21;1-5-6-7-15(12-22(27)13-23)19(26)21-18(20(2,3)4)17(25)14-8-10-16(24)11-9-14;1-17(2,3)15(19-16(21)23-18(4,5)6)14(20)12-8-10-13(22-7)11-9-12;1-12(2,3)11(13)10(15)8-4-6-9(14)7-5-8/h7-11,13-16,19,22,25,31H,5-6,12,17-18H2,1-4H3,(H,28,33);8-11,13,15,18,24,27H,5-7,12H2,1-4H3,(H,21,26);8-11,15H,1-7H3,(H,19,21);4-7,11,14H,13H2,1-3H3/t22-,25-;15-,18-;15-;11-/m1111/s1. The highest BCUT2D eigenvalue weighted by molar-refractivity contribution is 6.04. The molecule has 22 nitrogen and oxygen atoms in total. The van der Waals surface area contributed by atoms with Crippen LogP contribution in [0.2, 0.25) is 0 Å². The Morgan fingerprint density at radius 3 is 1.16 bits per heavy atom. The number of hydrogen-bond donors (Lipinski definition) is 8. The number of carbonyl (C=O) groups excluding carboxylic acids is 9. The maximum absolute atomic E-state index is 13.3. The van der Waals surface area contributed by atoms with Gasteiger partial charge < -0.3 is 46.5 Å². The summed E-state index contributed by atoms with van der Waals surface area (Å²) in [4.78, 5) is 117. The molecule has 9 N–H and O–H groups in total. The molecule has 99 heavy (non-hydrogen) atoms. The number of benzene rings is 5. The molecule has 5 rings (SSSR count). The summed E-state index contributed by atoms with van der Waals surface area (Å²) in [5.41, 5.74) is 6.19. The normalized spacial score (nSPS) is 13.3. The summed E-state index contributed by atoms with van der Waals surface area (Å²) in [6, 6.07) is 31.5. The quantitative estimate of drug-likeness (QED) is 0.00954. The SMILES string of the molecule is CC(C)(C)[C@H](N)C(=O)c1ccc(O)cc1.CCCC[C@H](CN(C=O)OCc1ccccc1)C(=O)N[C@H](C(=O)c1ccc(O)cc1)C(C)(C)C.CCCC[C@H](CN(O)C=O)C(=O)N[C@H](C(=O)c1ccc(O)cc1)C(C)(C)C.COc1ccc(C(=O)[C@@H](NC(=O)OC(C)(C)C)C(C)(C)C)cc1. The van der Waals surface area contributed by atoms with E-state index in [2.05, 4.69) is 16.0 Å². The topological polar surface area (TPSA) is 331 Å². The molecule has 0 unspecified atom stereocenters. The molecule has 0 saturated carbocycles. The van der Waals surface area contributed by atoms with Crippen LogP contribution in [0.5, 0.6) is 23.0 Å². The number of alkyl carbamates (subject to hydrolysis) is 1. The first kappa shape index (κ1) is 86.1. The number of ketones is 4. The number of nitrogens with one attached hydrogen (secondary N) is 3. The van der Waals surface area contributed by atoms with Crippen molar-refractivity contribution in [3.05, 3.63) is 155 Å². The second-order valence-electron chi connectivity index (χ2n) is 29.6. The van der Waals surface area contributed by atoms with E-state index in [1.807, 2.05) is 127 Å². The predicted molar refractivity (Wildman–Crippen MR) is 382 cm³/mol. The fraction of sp³-hybridized carbons (Fsp3) is 0.494. The largest absolute Gasteiger partial charge is 0.508 e. The van der Waals surface area contributed by atoms with Crippen molar-refractivity contribution >= 4 is 53.9 Å². The van der Waals surface area contributed by atoms with Crippen molar-refractivity contribution in [2.75, 3.05) is 20.2 Å². The first-order valence-electron chi connectivity index (χ1n) is 33.3. The lowest BCUT2D eigenvalue weighted by Crippen LogP contribution is -2.52. The van der Waals surface area contributed by atoms with Crippen molar-refractivity contribution in [1.82, 2.24) is 26.1 Å². The first-order valence-corrected chi connectivity index (χ1v) is 33.3. The lowest BCUT2D eigenvalue weighted by atomic mass is 9.81. The first-order chi connectivity index (χ1) is 46.0. The summed E-state index contributed by atoms with van der Waals surface area (Å²) >= 11 is 0. The number of hydroxylamine groups is 4. The Kier molecular flexibility index (Phi) is 34.9. The molecule has 0 bridgehead atoms. The second kappa shape index (κ2) is 40.2. The van der Waals surface area contributed by atoms with Gasteiger partial charge in [-0.15, -0.1) is 0 Å². The van der Waals surface area contributed by atoms with Gasteiger partial charge in [-0.1, -0.05) is 153 Å². The number of nitrogens with zero attached hydrogens (tertiary/aromatic N) is 2. The number of carbonyl (C=O) groups is 9. The fourth-order valence-corrected chi connectivity index (χ4v) is 9.53. The van der Waals surface area contributed by atoms with Crippen LogP contribution in [0.15, 0.2) is 127 Å². The summed E-state index contributed by atoms with van der Waals surface area (Å²) in [7, 11) is 1.57. The summed E-state index contributed by atoms with van der Waals surface area (Å²) in [5, 5.41) is 47.6. The summed E-state index contributed by atoms with van der Waals surface area (Å²) in [5.74, 6) is -1.62. The molecule has 0 aliphatic carbocycles. The molecule has 0 aliphatic heterocycles. The minimum Gasteiger partial charge on any atom is -0.508 e. The molecule has 0 aromatic heterocycles. The number of methoxy groups -OCH3 is 1. The molecule has 0 aliphatic rings. The third-order valence-corrected chi connectivity index (χ3v) is 15.5. The average Bonchev–Trinajstić information content (AvgIpc) is 0.839. The lowest BCUT2D eigenvalue weighted by Gasteiger charge is -2.32. The number of unbranched alkanes of at least 4 members (excludes halogenated alkanes) is 2. The number of nitrogens with two attached hydrogens (primary N) is 1. The molecule has 22 heteroatoms. The number of phenols is 3. The van der Waals surface area contributed by atoms with Gasteiger partial charge in [0.25, 0.3) is 0 Å². The summed E-state index contributed by atoms with van der Waals surface area (Å²) in [6.07, 6.45) is 4.62. The van der Waals surface area contributed by atoms with Crippen molar-refractivity contribution in [2.45, 2.75) is 193 Å². The zero-order chi connectivity index (χ0) is 75.2. The van der Waals surface area contributed by atoms with E-state index in [1.165, 1.54) is 48.5 Å². The smallest absolute Gasteiger partial charge is 0.408 e. The molecule has 0 fully saturated rings. The minimum absolute atomic E-state index is 0.0550. The highest BCUT2D eigenvalue weighted by atomic mass is 16.7. The zero-order valence-electron chi connectivity index (χ0n) is 61.3. The number of rotatable bonds is 29. The number of Topliss-reactive ketones (excluding diaryl/α,β-unsaturated/α-hetero) is 4. The molecule has 0 heterocycles. The lowest BCUT2D eigenvalue weighted by molar-refractivity contribution is -0.182. The van der Waals surface area contributed by atoms with Crippen LogP contribution in [-0.4, -0.2) is 134 Å². The number of ether oxygens (including phenoxy) is 2. The molecular formula is C77H110N6O16. The fourth-order valence-electron chi connectivity index (χ4n) is 9.53. The van der Waals surface area contributed by atoms with Gasteiger partial charge in [-0.2, -0.15) is 0 Å². The van der Waals surface area contributed by atoms with Crippen molar-refractivity contribution in [1.29, 1.82) is 0 Å². The van der Waals surface area contributed by atoms with Crippen molar-refractivity contribution in [3.63, 3.8) is 0 Å². The zero-order valence-corrected chi connectivity index (χ0v) is 61.3. The summed E-state index contributed by atoms with van der Waals surface area (Å²) < 4.78 is 10.4. The Labute approximate surface area is 585 Å².